The minimum atomic E-state index is -1.21. The number of morpholine rings is 1. The Morgan fingerprint density at radius 3 is 2.28 bits per heavy atom. The van der Waals surface area contributed by atoms with Crippen LogP contribution in [0.1, 0.15) is 24.0 Å². The van der Waals surface area contributed by atoms with Crippen molar-refractivity contribution in [3.63, 3.8) is 0 Å². The van der Waals surface area contributed by atoms with Crippen molar-refractivity contribution in [2.75, 3.05) is 46.6 Å². The van der Waals surface area contributed by atoms with Crippen LogP contribution < -0.4 is 14.2 Å². The number of benzene rings is 3. The van der Waals surface area contributed by atoms with Crippen molar-refractivity contribution in [3.05, 3.63) is 89.6 Å². The van der Waals surface area contributed by atoms with Gasteiger partial charge in [0.25, 0.3) is 0 Å². The molecular weight excluding hydrogens is 613 g/mol. The molecule has 1 saturated carbocycles. The molecule has 1 atom stereocenters. The Bertz CT molecular complexity index is 1760. The zero-order chi connectivity index (χ0) is 33.0. The predicted octanol–water partition coefficient (Wildman–Crippen LogP) is 6.07. The maximum atomic E-state index is 15.3. The second-order valence-electron chi connectivity index (χ2n) is 11.9. The molecule has 0 radical (unpaired) electrons. The Hall–Kier alpha value is -4.48. The molecule has 4 aromatic rings. The van der Waals surface area contributed by atoms with E-state index in [2.05, 4.69) is 4.98 Å². The summed E-state index contributed by atoms with van der Waals surface area (Å²) in [5.41, 5.74) is 0.458. The van der Waals surface area contributed by atoms with Crippen molar-refractivity contribution in [2.45, 2.75) is 31.9 Å². The Labute approximate surface area is 270 Å². The van der Waals surface area contributed by atoms with Gasteiger partial charge in [-0.3, -0.25) is 19.5 Å². The Kier molecular flexibility index (Phi) is 9.74. The summed E-state index contributed by atoms with van der Waals surface area (Å²) in [6.07, 6.45) is 1.13. The molecule has 1 unspecified atom stereocenters. The molecule has 1 saturated heterocycles. The van der Waals surface area contributed by atoms with Crippen LogP contribution in [0.3, 0.4) is 0 Å². The number of ether oxygens (including phenoxy) is 4. The van der Waals surface area contributed by atoms with E-state index in [1.807, 2.05) is 4.90 Å². The molecule has 2 fully saturated rings. The fraction of sp³-hybridized carbons (Fsp3) is 0.361. The molecule has 0 N–H and O–H groups in total. The standard InChI is InChI=1S/C36H35F3N2O6/c1-44-32-19-27-29(20-33(32)46-22-26(38)21-41-12-14-45-15-13-41)40-11-8-30(27)47-31-7-4-24(16-28(31)39)18-35(43)36(9-10-36)34(42)17-23-2-5-25(37)6-3-23/h2-8,11,16,19-20,26H,9-10,12-15,17-18,21-22H2,1H3. The molecule has 1 aromatic heterocycles. The highest BCUT2D eigenvalue weighted by atomic mass is 19.1. The number of hydrogen-bond acceptors (Lipinski definition) is 8. The molecule has 246 valence electrons. The minimum Gasteiger partial charge on any atom is -0.493 e. The third-order valence-corrected chi connectivity index (χ3v) is 8.64. The summed E-state index contributed by atoms with van der Waals surface area (Å²) in [5, 5.41) is 0.524. The van der Waals surface area contributed by atoms with Gasteiger partial charge >= 0.3 is 0 Å². The number of halogens is 3. The maximum absolute atomic E-state index is 15.3. The molecule has 1 aliphatic heterocycles. The fourth-order valence-electron chi connectivity index (χ4n) is 5.79. The number of hydrogen-bond donors (Lipinski definition) is 0. The quantitative estimate of drug-likeness (QED) is 0.153. The second-order valence-corrected chi connectivity index (χ2v) is 11.9. The van der Waals surface area contributed by atoms with E-state index in [0.717, 1.165) is 0 Å². The summed E-state index contributed by atoms with van der Waals surface area (Å²) in [6, 6.07) is 14.8. The number of nitrogens with zero attached hydrogens (tertiary/aromatic N) is 2. The molecule has 0 spiro atoms. The zero-order valence-corrected chi connectivity index (χ0v) is 26.0. The molecule has 0 bridgehead atoms. The first-order valence-electron chi connectivity index (χ1n) is 15.5. The van der Waals surface area contributed by atoms with Crippen LogP contribution in [0.5, 0.6) is 23.0 Å². The zero-order valence-electron chi connectivity index (χ0n) is 26.0. The van der Waals surface area contributed by atoms with Gasteiger partial charge in [-0.15, -0.1) is 0 Å². The van der Waals surface area contributed by atoms with Crippen molar-refractivity contribution in [1.29, 1.82) is 0 Å². The van der Waals surface area contributed by atoms with Gasteiger partial charge in [-0.05, 0) is 60.4 Å². The minimum absolute atomic E-state index is 0.0384. The highest BCUT2D eigenvalue weighted by molar-refractivity contribution is 6.11. The average molecular weight is 649 g/mol. The summed E-state index contributed by atoms with van der Waals surface area (Å²) in [5.74, 6) is -0.642. The first-order valence-corrected chi connectivity index (χ1v) is 15.5. The number of ketones is 2. The van der Waals surface area contributed by atoms with Gasteiger partial charge in [0.05, 0.1) is 31.3 Å². The lowest BCUT2D eigenvalue weighted by molar-refractivity contribution is -0.133. The Morgan fingerprint density at radius 2 is 1.60 bits per heavy atom. The van der Waals surface area contributed by atoms with Gasteiger partial charge in [-0.1, -0.05) is 18.2 Å². The largest absolute Gasteiger partial charge is 0.493 e. The molecule has 47 heavy (non-hydrogen) atoms. The van der Waals surface area contributed by atoms with Crippen molar-refractivity contribution < 1.29 is 41.7 Å². The third-order valence-electron chi connectivity index (χ3n) is 8.64. The van der Waals surface area contributed by atoms with Crippen molar-refractivity contribution in [3.8, 4) is 23.0 Å². The lowest BCUT2D eigenvalue weighted by Gasteiger charge is -2.27. The van der Waals surface area contributed by atoms with Crippen LogP contribution in [0.15, 0.2) is 66.9 Å². The van der Waals surface area contributed by atoms with Gasteiger partial charge < -0.3 is 18.9 Å². The number of aromatic nitrogens is 1. The molecule has 0 amide bonds. The van der Waals surface area contributed by atoms with Gasteiger partial charge in [0.1, 0.15) is 24.3 Å². The molecule has 8 nitrogen and oxygen atoms in total. The van der Waals surface area contributed by atoms with Gasteiger partial charge in [0.15, 0.2) is 34.6 Å². The summed E-state index contributed by atoms with van der Waals surface area (Å²) in [7, 11) is 1.47. The topological polar surface area (TPSA) is 87.2 Å². The first kappa shape index (κ1) is 32.5. The Balaban J connectivity index is 1.11. The number of Topliss-reactive ketones (excluding diaryl/α,β-unsaturated/α-hetero) is 2. The van der Waals surface area contributed by atoms with Crippen LogP contribution in [-0.2, 0) is 27.2 Å². The number of alkyl halides is 1. The lowest BCUT2D eigenvalue weighted by Crippen LogP contribution is -2.41. The molecule has 1 aliphatic carbocycles. The van der Waals surface area contributed by atoms with Crippen molar-refractivity contribution in [2.24, 2.45) is 5.41 Å². The number of carbonyl (C=O) groups is 2. The number of pyridine rings is 1. The monoisotopic (exact) mass is 648 g/mol. The smallest absolute Gasteiger partial charge is 0.166 e. The lowest BCUT2D eigenvalue weighted by atomic mass is 9.88. The van der Waals surface area contributed by atoms with Gasteiger partial charge in [0.2, 0.25) is 0 Å². The van der Waals surface area contributed by atoms with E-state index in [1.165, 1.54) is 49.7 Å². The number of carbonyl (C=O) groups excluding carboxylic acids is 2. The van der Waals surface area contributed by atoms with E-state index in [-0.39, 0.29) is 43.3 Å². The second kappa shape index (κ2) is 14.1. The molecular formula is C36H35F3N2O6. The molecule has 2 heterocycles. The van der Waals surface area contributed by atoms with Crippen LogP contribution >= 0.6 is 0 Å². The van der Waals surface area contributed by atoms with Crippen molar-refractivity contribution in [1.82, 2.24) is 9.88 Å². The number of methoxy groups -OCH3 is 1. The summed E-state index contributed by atoms with van der Waals surface area (Å²) < 4.78 is 65.8. The molecule has 11 heteroatoms. The van der Waals surface area contributed by atoms with Crippen LogP contribution in [0.25, 0.3) is 10.9 Å². The predicted molar refractivity (Wildman–Crippen MR) is 168 cm³/mol. The number of rotatable bonds is 14. The van der Waals surface area contributed by atoms with E-state index >= 15 is 4.39 Å². The molecule has 3 aromatic carbocycles. The SMILES string of the molecule is COc1cc2c(Oc3ccc(CC(=O)C4(C(=O)Cc5ccc(F)cc5)CC4)cc3F)ccnc2cc1OCC(F)CN1CCOCC1. The third kappa shape index (κ3) is 7.58. The molecule has 2 aliphatic rings. The maximum Gasteiger partial charge on any atom is 0.166 e. The van der Waals surface area contributed by atoms with E-state index in [9.17, 15) is 18.4 Å². The average Bonchev–Trinajstić information content (AvgIpc) is 3.89. The van der Waals surface area contributed by atoms with Crippen LogP contribution in [0.2, 0.25) is 0 Å². The fourth-order valence-corrected chi connectivity index (χ4v) is 5.79. The van der Waals surface area contributed by atoms with Crippen LogP contribution in [0.4, 0.5) is 13.2 Å². The van der Waals surface area contributed by atoms with Gasteiger partial charge in [-0.25, -0.2) is 13.2 Å². The highest BCUT2D eigenvalue weighted by Crippen LogP contribution is 2.49. The molecule has 6 rings (SSSR count). The van der Waals surface area contributed by atoms with E-state index in [1.54, 1.807) is 24.3 Å². The summed E-state index contributed by atoms with van der Waals surface area (Å²) in [4.78, 5) is 32.6. The van der Waals surface area contributed by atoms with Gasteiger partial charge in [-0.2, -0.15) is 0 Å². The van der Waals surface area contributed by atoms with E-state index < -0.39 is 23.2 Å². The van der Waals surface area contributed by atoms with E-state index in [4.69, 9.17) is 18.9 Å². The van der Waals surface area contributed by atoms with E-state index in [0.29, 0.717) is 78.4 Å². The van der Waals surface area contributed by atoms with Crippen LogP contribution in [-0.4, -0.2) is 74.2 Å². The number of fused-ring (bicyclic) bond motifs is 1. The van der Waals surface area contributed by atoms with Crippen molar-refractivity contribution >= 4 is 22.5 Å². The summed E-state index contributed by atoms with van der Waals surface area (Å²) >= 11 is 0. The normalized spacial score (nSPS) is 16.4. The first-order chi connectivity index (χ1) is 22.7. The van der Waals surface area contributed by atoms with Crippen LogP contribution in [0, 0.1) is 17.0 Å². The summed E-state index contributed by atoms with van der Waals surface area (Å²) in [6.45, 7) is 2.59. The highest BCUT2D eigenvalue weighted by Gasteiger charge is 2.54. The Morgan fingerprint density at radius 1 is 0.894 bits per heavy atom. The van der Waals surface area contributed by atoms with Gasteiger partial charge in [0, 0.05) is 50.1 Å².